The van der Waals surface area contributed by atoms with Crippen LogP contribution in [0.1, 0.15) is 29.3 Å². The van der Waals surface area contributed by atoms with E-state index in [1.165, 1.54) is 0 Å². The zero-order valence-electron chi connectivity index (χ0n) is 9.89. The fourth-order valence-corrected chi connectivity index (χ4v) is 2.32. The molecule has 0 aliphatic carbocycles. The van der Waals surface area contributed by atoms with Gasteiger partial charge >= 0.3 is 5.97 Å². The highest BCUT2D eigenvalue weighted by Crippen LogP contribution is 2.28. The van der Waals surface area contributed by atoms with Crippen LogP contribution in [0, 0.1) is 0 Å². The van der Waals surface area contributed by atoms with E-state index in [2.05, 4.69) is 4.90 Å². The van der Waals surface area contributed by atoms with Crippen LogP contribution in [0.25, 0.3) is 0 Å². The highest BCUT2D eigenvalue weighted by atomic mass is 16.4. The summed E-state index contributed by atoms with van der Waals surface area (Å²) >= 11 is 0. The van der Waals surface area contributed by atoms with E-state index in [1.807, 2.05) is 6.07 Å². The number of hydrogen-bond donors (Lipinski definition) is 2. The average Bonchev–Trinajstić information content (AvgIpc) is 2.28. The van der Waals surface area contributed by atoms with Crippen molar-refractivity contribution < 1.29 is 15.0 Å². The third-order valence-corrected chi connectivity index (χ3v) is 3.03. The summed E-state index contributed by atoms with van der Waals surface area (Å²) in [6, 6.07) is 5.22. The monoisotopic (exact) mass is 235 g/mol. The van der Waals surface area contributed by atoms with E-state index in [0.717, 1.165) is 30.6 Å². The minimum Gasteiger partial charge on any atom is -0.478 e. The molecule has 4 heteroatoms. The van der Waals surface area contributed by atoms with Crippen molar-refractivity contribution in [1.82, 2.24) is 0 Å². The molecule has 0 spiro atoms. The third-order valence-electron chi connectivity index (χ3n) is 3.03. The minimum atomic E-state index is -0.888. The van der Waals surface area contributed by atoms with Crippen LogP contribution >= 0.6 is 0 Å². The molecule has 0 saturated carbocycles. The molecule has 1 atom stereocenters. The lowest BCUT2D eigenvalue weighted by Gasteiger charge is -2.32. The summed E-state index contributed by atoms with van der Waals surface area (Å²) in [6.45, 7) is 3.28. The van der Waals surface area contributed by atoms with Gasteiger partial charge in [0.15, 0.2) is 0 Å². The van der Waals surface area contributed by atoms with Crippen LogP contribution in [0.5, 0.6) is 0 Å². The molecule has 92 valence electrons. The van der Waals surface area contributed by atoms with Gasteiger partial charge < -0.3 is 15.1 Å². The second kappa shape index (κ2) is 4.75. The number of β-amino-alcohol motifs (C(OH)–C–C–N with tert-alkyl or cyclic N) is 1. The van der Waals surface area contributed by atoms with Crippen LogP contribution in [-0.4, -0.2) is 35.4 Å². The van der Waals surface area contributed by atoms with Crippen molar-refractivity contribution in [2.24, 2.45) is 0 Å². The maximum Gasteiger partial charge on any atom is 0.335 e. The first-order valence-electron chi connectivity index (χ1n) is 5.87. The average molecular weight is 235 g/mol. The number of carbonyl (C=O) groups is 1. The van der Waals surface area contributed by atoms with E-state index in [1.54, 1.807) is 19.1 Å². The van der Waals surface area contributed by atoms with Gasteiger partial charge in [0.25, 0.3) is 0 Å². The molecule has 1 aliphatic rings. The molecule has 1 aliphatic heterocycles. The number of carboxylic acids is 1. The summed E-state index contributed by atoms with van der Waals surface area (Å²) < 4.78 is 0. The van der Waals surface area contributed by atoms with E-state index in [9.17, 15) is 9.90 Å². The molecule has 4 nitrogen and oxygen atoms in total. The standard InChI is InChI=1S/C13H17NO3/c1-9(15)8-14-6-2-3-10-7-11(13(16)17)4-5-12(10)14/h4-5,7,9,15H,2-3,6,8H2,1H3,(H,16,17). The number of aliphatic hydroxyl groups excluding tert-OH is 1. The molecule has 1 unspecified atom stereocenters. The number of nitrogens with zero attached hydrogens (tertiary/aromatic N) is 1. The second-order valence-electron chi connectivity index (χ2n) is 4.55. The lowest BCUT2D eigenvalue weighted by atomic mass is 9.99. The number of aryl methyl sites for hydroxylation is 1. The van der Waals surface area contributed by atoms with Crippen LogP contribution in [0.2, 0.25) is 0 Å². The Morgan fingerprint density at radius 2 is 2.29 bits per heavy atom. The van der Waals surface area contributed by atoms with Crippen molar-refractivity contribution in [1.29, 1.82) is 0 Å². The van der Waals surface area contributed by atoms with Gasteiger partial charge in [0.1, 0.15) is 0 Å². The summed E-state index contributed by atoms with van der Waals surface area (Å²) in [6.07, 6.45) is 1.54. The Kier molecular flexibility index (Phi) is 3.33. The first-order chi connectivity index (χ1) is 8.08. The molecule has 1 aromatic carbocycles. The predicted molar refractivity (Wildman–Crippen MR) is 65.6 cm³/mol. The molecular formula is C13H17NO3. The van der Waals surface area contributed by atoms with Gasteiger partial charge in [0.05, 0.1) is 11.7 Å². The van der Waals surface area contributed by atoms with Crippen molar-refractivity contribution in [3.8, 4) is 0 Å². The van der Waals surface area contributed by atoms with Crippen molar-refractivity contribution in [3.05, 3.63) is 29.3 Å². The highest BCUT2D eigenvalue weighted by molar-refractivity contribution is 5.88. The Morgan fingerprint density at radius 1 is 1.53 bits per heavy atom. The van der Waals surface area contributed by atoms with E-state index in [0.29, 0.717) is 12.1 Å². The third kappa shape index (κ3) is 2.58. The number of carboxylic acid groups (broad SMARTS) is 1. The maximum absolute atomic E-state index is 10.9. The minimum absolute atomic E-state index is 0.336. The zero-order chi connectivity index (χ0) is 12.4. The van der Waals surface area contributed by atoms with Gasteiger partial charge in [0.2, 0.25) is 0 Å². The Balaban J connectivity index is 2.30. The summed E-state index contributed by atoms with van der Waals surface area (Å²) in [5.41, 5.74) is 2.46. The van der Waals surface area contributed by atoms with Crippen LogP contribution < -0.4 is 4.90 Å². The van der Waals surface area contributed by atoms with Gasteiger partial charge in [-0.2, -0.15) is 0 Å². The largest absolute Gasteiger partial charge is 0.478 e. The number of fused-ring (bicyclic) bond motifs is 1. The second-order valence-corrected chi connectivity index (χ2v) is 4.55. The molecule has 0 radical (unpaired) electrons. The fraction of sp³-hybridized carbons (Fsp3) is 0.462. The molecule has 0 saturated heterocycles. The topological polar surface area (TPSA) is 60.8 Å². The van der Waals surface area contributed by atoms with Gasteiger partial charge in [-0.3, -0.25) is 0 Å². The van der Waals surface area contributed by atoms with Crippen LogP contribution in [0.4, 0.5) is 5.69 Å². The quantitative estimate of drug-likeness (QED) is 0.834. The number of benzene rings is 1. The predicted octanol–water partition coefficient (Wildman–Crippen LogP) is 1.52. The van der Waals surface area contributed by atoms with Crippen molar-refractivity contribution in [3.63, 3.8) is 0 Å². The summed E-state index contributed by atoms with van der Waals surface area (Å²) in [4.78, 5) is 13.0. The molecule has 17 heavy (non-hydrogen) atoms. The summed E-state index contributed by atoms with van der Waals surface area (Å²) in [7, 11) is 0. The Labute approximate surface area is 100 Å². The SMILES string of the molecule is CC(O)CN1CCCc2cc(C(=O)O)ccc21. The highest BCUT2D eigenvalue weighted by Gasteiger charge is 2.19. The van der Waals surface area contributed by atoms with E-state index in [-0.39, 0.29) is 6.10 Å². The van der Waals surface area contributed by atoms with Crippen LogP contribution in [-0.2, 0) is 6.42 Å². The Morgan fingerprint density at radius 3 is 2.94 bits per heavy atom. The Hall–Kier alpha value is -1.55. The molecule has 2 rings (SSSR count). The molecule has 1 aromatic rings. The summed E-state index contributed by atoms with van der Waals surface area (Å²) in [5, 5.41) is 18.4. The fourth-order valence-electron chi connectivity index (χ4n) is 2.32. The van der Waals surface area contributed by atoms with Crippen LogP contribution in [0.3, 0.4) is 0 Å². The number of rotatable bonds is 3. The molecule has 0 fully saturated rings. The number of aliphatic hydroxyl groups is 1. The first kappa shape index (κ1) is 11.9. The maximum atomic E-state index is 10.9. The van der Waals surface area contributed by atoms with Gasteiger partial charge in [-0.25, -0.2) is 4.79 Å². The van der Waals surface area contributed by atoms with Crippen molar-refractivity contribution in [2.45, 2.75) is 25.9 Å². The molecule has 0 amide bonds. The number of hydrogen-bond acceptors (Lipinski definition) is 3. The van der Waals surface area contributed by atoms with Gasteiger partial charge in [-0.15, -0.1) is 0 Å². The molecular weight excluding hydrogens is 218 g/mol. The van der Waals surface area contributed by atoms with E-state index >= 15 is 0 Å². The molecule has 1 heterocycles. The molecule has 0 aromatic heterocycles. The summed E-state index contributed by atoms with van der Waals surface area (Å²) in [5.74, 6) is -0.888. The van der Waals surface area contributed by atoms with E-state index in [4.69, 9.17) is 5.11 Å². The van der Waals surface area contributed by atoms with Gasteiger partial charge in [-0.05, 0) is 43.5 Å². The number of anilines is 1. The van der Waals surface area contributed by atoms with Gasteiger partial charge in [0, 0.05) is 18.8 Å². The zero-order valence-corrected chi connectivity index (χ0v) is 9.89. The molecule has 2 N–H and O–H groups in total. The smallest absolute Gasteiger partial charge is 0.335 e. The van der Waals surface area contributed by atoms with Crippen LogP contribution in [0.15, 0.2) is 18.2 Å². The first-order valence-corrected chi connectivity index (χ1v) is 5.87. The lowest BCUT2D eigenvalue weighted by molar-refractivity contribution is 0.0696. The molecule has 0 bridgehead atoms. The Bertz CT molecular complexity index is 429. The van der Waals surface area contributed by atoms with Crippen molar-refractivity contribution in [2.75, 3.05) is 18.0 Å². The van der Waals surface area contributed by atoms with E-state index < -0.39 is 5.97 Å². The lowest BCUT2D eigenvalue weighted by Crippen LogP contribution is -2.35. The normalized spacial score (nSPS) is 16.5. The number of aromatic carboxylic acids is 1. The van der Waals surface area contributed by atoms with Crippen molar-refractivity contribution >= 4 is 11.7 Å². The van der Waals surface area contributed by atoms with Gasteiger partial charge in [-0.1, -0.05) is 0 Å².